The van der Waals surface area contributed by atoms with Crippen LogP contribution in [0.2, 0.25) is 0 Å². The predicted molar refractivity (Wildman–Crippen MR) is 35.4 cm³/mol. The molecule has 0 amide bonds. The third-order valence-corrected chi connectivity index (χ3v) is 1.30. The zero-order valence-corrected chi connectivity index (χ0v) is 5.76. The standard InChI is InChI=1S/C5H8N2O4/c1-2-6-4(9)3(8)5(10)7(2)11/h2,8,10-11H,1H3,(H,6,9). The van der Waals surface area contributed by atoms with Crippen molar-refractivity contribution in [1.29, 1.82) is 0 Å². The van der Waals surface area contributed by atoms with E-state index in [1.165, 1.54) is 6.92 Å². The molecule has 0 spiro atoms. The summed E-state index contributed by atoms with van der Waals surface area (Å²) in [6, 6.07) is 0. The summed E-state index contributed by atoms with van der Waals surface area (Å²) in [5.41, 5.74) is 0. The maximum atomic E-state index is 8.88. The number of hydrogen-bond donors (Lipinski definition) is 4. The maximum Gasteiger partial charge on any atom is 0.262 e. The van der Waals surface area contributed by atoms with Gasteiger partial charge in [-0.1, -0.05) is 0 Å². The van der Waals surface area contributed by atoms with Gasteiger partial charge >= 0.3 is 0 Å². The third-order valence-electron chi connectivity index (χ3n) is 1.30. The second kappa shape index (κ2) is 2.31. The Balaban J connectivity index is 3.02. The SMILES string of the molecule is CC1N=C(O)C(O)=C(O)N1O. The minimum Gasteiger partial charge on any atom is -0.499 e. The van der Waals surface area contributed by atoms with Crippen molar-refractivity contribution in [2.24, 2.45) is 4.99 Å². The number of nitrogens with zero attached hydrogens (tertiary/aromatic N) is 2. The van der Waals surface area contributed by atoms with Gasteiger partial charge in [0, 0.05) is 0 Å². The van der Waals surface area contributed by atoms with E-state index >= 15 is 0 Å². The Morgan fingerprint density at radius 3 is 2.45 bits per heavy atom. The van der Waals surface area contributed by atoms with Crippen molar-refractivity contribution in [2.75, 3.05) is 0 Å². The lowest BCUT2D eigenvalue weighted by Crippen LogP contribution is -2.34. The van der Waals surface area contributed by atoms with Crippen LogP contribution in [-0.2, 0) is 0 Å². The summed E-state index contributed by atoms with van der Waals surface area (Å²) in [7, 11) is 0. The molecule has 1 atom stereocenters. The zero-order valence-electron chi connectivity index (χ0n) is 5.76. The lowest BCUT2D eigenvalue weighted by molar-refractivity contribution is -0.126. The molecule has 0 fully saturated rings. The molecule has 1 aliphatic rings. The molecule has 1 rings (SSSR count). The zero-order chi connectivity index (χ0) is 8.59. The topological polar surface area (TPSA) is 96.5 Å². The van der Waals surface area contributed by atoms with Gasteiger partial charge in [-0.25, -0.2) is 4.99 Å². The Kier molecular flexibility index (Phi) is 1.61. The smallest absolute Gasteiger partial charge is 0.262 e. The molecule has 1 heterocycles. The van der Waals surface area contributed by atoms with Gasteiger partial charge in [0.2, 0.25) is 5.76 Å². The summed E-state index contributed by atoms with van der Waals surface area (Å²) in [6.07, 6.45) is -0.800. The quantitative estimate of drug-likeness (QED) is 0.408. The highest BCUT2D eigenvalue weighted by Gasteiger charge is 2.26. The molecule has 11 heavy (non-hydrogen) atoms. The maximum absolute atomic E-state index is 8.88. The van der Waals surface area contributed by atoms with Crippen molar-refractivity contribution in [1.82, 2.24) is 5.06 Å². The monoisotopic (exact) mass is 160 g/mol. The van der Waals surface area contributed by atoms with Gasteiger partial charge in [0.1, 0.15) is 0 Å². The van der Waals surface area contributed by atoms with E-state index in [2.05, 4.69) is 4.99 Å². The van der Waals surface area contributed by atoms with Gasteiger partial charge in [-0.05, 0) is 6.92 Å². The fourth-order valence-electron chi connectivity index (χ4n) is 0.678. The van der Waals surface area contributed by atoms with Crippen LogP contribution in [0.25, 0.3) is 0 Å². The summed E-state index contributed by atoms with van der Waals surface area (Å²) in [5.74, 6) is -2.31. The predicted octanol–water partition coefficient (Wildman–Crippen LogP) is 0.279. The average Bonchev–Trinajstić information content (AvgIpc) is 1.97. The molecule has 0 bridgehead atoms. The summed E-state index contributed by atoms with van der Waals surface area (Å²) < 4.78 is 0. The van der Waals surface area contributed by atoms with Crippen molar-refractivity contribution in [2.45, 2.75) is 13.1 Å². The Bertz CT molecular complexity index is 235. The summed E-state index contributed by atoms with van der Waals surface area (Å²) in [5, 5.41) is 35.6. The van der Waals surface area contributed by atoms with E-state index in [1.54, 1.807) is 0 Å². The highest BCUT2D eigenvalue weighted by atomic mass is 16.5. The van der Waals surface area contributed by atoms with E-state index in [-0.39, 0.29) is 0 Å². The first kappa shape index (κ1) is 7.67. The molecule has 0 saturated carbocycles. The molecule has 0 radical (unpaired) electrons. The molecule has 6 nitrogen and oxygen atoms in total. The van der Waals surface area contributed by atoms with E-state index in [9.17, 15) is 0 Å². The molecule has 0 aromatic heterocycles. The molecule has 6 heteroatoms. The van der Waals surface area contributed by atoms with Crippen LogP contribution in [0.4, 0.5) is 0 Å². The summed E-state index contributed by atoms with van der Waals surface area (Å²) in [4.78, 5) is 3.38. The fourth-order valence-corrected chi connectivity index (χ4v) is 0.678. The number of aliphatic hydroxyl groups excluding tert-OH is 3. The Morgan fingerprint density at radius 1 is 1.36 bits per heavy atom. The molecule has 4 N–H and O–H groups in total. The first-order chi connectivity index (χ1) is 5.04. The van der Waals surface area contributed by atoms with Crippen LogP contribution in [0, 0.1) is 0 Å². The third kappa shape index (κ3) is 1.07. The van der Waals surface area contributed by atoms with Crippen LogP contribution < -0.4 is 0 Å². The lowest BCUT2D eigenvalue weighted by atomic mass is 10.4. The van der Waals surface area contributed by atoms with Gasteiger partial charge < -0.3 is 15.3 Å². The van der Waals surface area contributed by atoms with E-state index in [4.69, 9.17) is 20.5 Å². The van der Waals surface area contributed by atoms with E-state index < -0.39 is 23.7 Å². The number of rotatable bonds is 0. The van der Waals surface area contributed by atoms with E-state index in [1.807, 2.05) is 0 Å². The molecule has 62 valence electrons. The normalized spacial score (nSPS) is 25.5. The molecule has 1 unspecified atom stereocenters. The van der Waals surface area contributed by atoms with Crippen LogP contribution in [-0.4, -0.2) is 37.7 Å². The van der Waals surface area contributed by atoms with Gasteiger partial charge in [0.15, 0.2) is 6.17 Å². The van der Waals surface area contributed by atoms with E-state index in [0.717, 1.165) is 0 Å². The minimum absolute atomic E-state index is 0.342. The number of aliphatic hydroxyl groups is 3. The van der Waals surface area contributed by atoms with Gasteiger partial charge in [-0.3, -0.25) is 5.21 Å². The van der Waals surface area contributed by atoms with Crippen LogP contribution >= 0.6 is 0 Å². The first-order valence-corrected chi connectivity index (χ1v) is 2.91. The van der Waals surface area contributed by atoms with Crippen LogP contribution in [0.15, 0.2) is 16.6 Å². The van der Waals surface area contributed by atoms with Crippen molar-refractivity contribution < 1.29 is 20.5 Å². The van der Waals surface area contributed by atoms with Gasteiger partial charge in [-0.15, -0.1) is 0 Å². The van der Waals surface area contributed by atoms with Gasteiger partial charge in [0.05, 0.1) is 0 Å². The largest absolute Gasteiger partial charge is 0.499 e. The van der Waals surface area contributed by atoms with Crippen molar-refractivity contribution in [3.05, 3.63) is 11.6 Å². The molecule has 0 aliphatic carbocycles. The van der Waals surface area contributed by atoms with Crippen LogP contribution in [0.1, 0.15) is 6.92 Å². The van der Waals surface area contributed by atoms with Gasteiger partial charge in [-0.2, -0.15) is 5.06 Å². The van der Waals surface area contributed by atoms with Crippen LogP contribution in [0.5, 0.6) is 0 Å². The lowest BCUT2D eigenvalue weighted by Gasteiger charge is -2.23. The molecule has 1 aliphatic heterocycles. The second-order valence-electron chi connectivity index (χ2n) is 2.10. The Morgan fingerprint density at radius 2 is 1.91 bits per heavy atom. The van der Waals surface area contributed by atoms with Crippen LogP contribution in [0.3, 0.4) is 0 Å². The number of hydrogen-bond acceptors (Lipinski definition) is 5. The first-order valence-electron chi connectivity index (χ1n) is 2.91. The molecule has 0 aromatic carbocycles. The highest BCUT2D eigenvalue weighted by molar-refractivity contribution is 5.90. The fraction of sp³-hybridized carbons (Fsp3) is 0.400. The molecular formula is C5H8N2O4. The van der Waals surface area contributed by atoms with Crippen molar-refractivity contribution >= 4 is 5.90 Å². The molecule has 0 saturated heterocycles. The summed E-state index contributed by atoms with van der Waals surface area (Å²) >= 11 is 0. The minimum atomic E-state index is -0.828. The van der Waals surface area contributed by atoms with Gasteiger partial charge in [0.25, 0.3) is 11.8 Å². The number of aliphatic imine (C=N–C) groups is 1. The molecule has 0 aromatic rings. The van der Waals surface area contributed by atoms with E-state index in [0.29, 0.717) is 5.06 Å². The molecular weight excluding hydrogens is 152 g/mol. The number of hydroxylamine groups is 2. The summed E-state index contributed by atoms with van der Waals surface area (Å²) in [6.45, 7) is 1.43. The van der Waals surface area contributed by atoms with Crippen molar-refractivity contribution in [3.63, 3.8) is 0 Å². The highest BCUT2D eigenvalue weighted by Crippen LogP contribution is 2.14. The van der Waals surface area contributed by atoms with Crippen molar-refractivity contribution in [3.8, 4) is 0 Å². The Labute approximate surface area is 62.3 Å². The second-order valence-corrected chi connectivity index (χ2v) is 2.10. The Hall–Kier alpha value is -1.43. The average molecular weight is 160 g/mol.